The SMILES string of the molecule is CC1CC(CC(C)(C)C)C2CCCCC12. The zero-order valence-electron chi connectivity index (χ0n) is 11.1. The van der Waals surface area contributed by atoms with Crippen molar-refractivity contribution in [3.63, 3.8) is 0 Å². The Morgan fingerprint density at radius 2 is 1.60 bits per heavy atom. The normalized spacial score (nSPS) is 41.6. The van der Waals surface area contributed by atoms with Crippen molar-refractivity contribution in [2.45, 2.75) is 66.2 Å². The van der Waals surface area contributed by atoms with E-state index in [2.05, 4.69) is 27.7 Å². The summed E-state index contributed by atoms with van der Waals surface area (Å²) in [6.45, 7) is 9.74. The molecule has 0 N–H and O–H groups in total. The maximum Gasteiger partial charge on any atom is -0.0355 e. The number of fused-ring (bicyclic) bond motifs is 1. The van der Waals surface area contributed by atoms with Crippen molar-refractivity contribution in [2.75, 3.05) is 0 Å². The van der Waals surface area contributed by atoms with Crippen LogP contribution in [0, 0.1) is 29.1 Å². The fourth-order valence-electron chi connectivity index (χ4n) is 4.33. The van der Waals surface area contributed by atoms with E-state index in [1.54, 1.807) is 0 Å². The zero-order chi connectivity index (χ0) is 11.1. The summed E-state index contributed by atoms with van der Waals surface area (Å²) in [4.78, 5) is 0. The van der Waals surface area contributed by atoms with Crippen LogP contribution in [0.3, 0.4) is 0 Å². The average molecular weight is 208 g/mol. The molecule has 0 nitrogen and oxygen atoms in total. The molecule has 88 valence electrons. The van der Waals surface area contributed by atoms with Crippen LogP contribution in [0.2, 0.25) is 0 Å². The Morgan fingerprint density at radius 1 is 1.00 bits per heavy atom. The van der Waals surface area contributed by atoms with E-state index >= 15 is 0 Å². The van der Waals surface area contributed by atoms with E-state index in [0.29, 0.717) is 5.41 Å². The predicted octanol–water partition coefficient (Wildman–Crippen LogP) is 4.89. The van der Waals surface area contributed by atoms with Crippen molar-refractivity contribution < 1.29 is 0 Å². The van der Waals surface area contributed by atoms with Gasteiger partial charge in [-0.3, -0.25) is 0 Å². The summed E-state index contributed by atoms with van der Waals surface area (Å²) >= 11 is 0. The van der Waals surface area contributed by atoms with Gasteiger partial charge in [-0.15, -0.1) is 0 Å². The first-order valence-electron chi connectivity index (χ1n) is 6.97. The monoisotopic (exact) mass is 208 g/mol. The van der Waals surface area contributed by atoms with Crippen LogP contribution in [0.4, 0.5) is 0 Å². The van der Waals surface area contributed by atoms with Gasteiger partial charge in [0.1, 0.15) is 0 Å². The molecule has 2 saturated carbocycles. The lowest BCUT2D eigenvalue weighted by Gasteiger charge is -2.33. The zero-order valence-corrected chi connectivity index (χ0v) is 11.1. The first-order chi connectivity index (χ1) is 6.97. The average Bonchev–Trinajstić information content (AvgIpc) is 2.42. The molecule has 2 fully saturated rings. The lowest BCUT2D eigenvalue weighted by Crippen LogP contribution is -2.23. The second-order valence-electron chi connectivity index (χ2n) is 7.35. The highest BCUT2D eigenvalue weighted by molar-refractivity contribution is 4.92. The van der Waals surface area contributed by atoms with Crippen LogP contribution in [0.5, 0.6) is 0 Å². The van der Waals surface area contributed by atoms with Crippen LogP contribution in [0.25, 0.3) is 0 Å². The standard InChI is InChI=1S/C15H28/c1-11-9-12(10-15(2,3)4)14-8-6-5-7-13(11)14/h11-14H,5-10H2,1-4H3. The quantitative estimate of drug-likeness (QED) is 0.576. The lowest BCUT2D eigenvalue weighted by atomic mass is 9.73. The van der Waals surface area contributed by atoms with Crippen LogP contribution in [0.15, 0.2) is 0 Å². The van der Waals surface area contributed by atoms with Crippen molar-refractivity contribution in [3.05, 3.63) is 0 Å². The summed E-state index contributed by atoms with van der Waals surface area (Å²) in [7, 11) is 0. The first kappa shape index (κ1) is 11.5. The van der Waals surface area contributed by atoms with Crippen molar-refractivity contribution in [3.8, 4) is 0 Å². The Morgan fingerprint density at radius 3 is 2.20 bits per heavy atom. The molecule has 4 unspecified atom stereocenters. The Bertz CT molecular complexity index is 211. The molecule has 0 amide bonds. The molecule has 0 radical (unpaired) electrons. The second kappa shape index (κ2) is 4.11. The van der Waals surface area contributed by atoms with Crippen molar-refractivity contribution in [1.82, 2.24) is 0 Å². The van der Waals surface area contributed by atoms with Gasteiger partial charge in [-0.1, -0.05) is 40.5 Å². The highest BCUT2D eigenvalue weighted by atomic mass is 14.5. The Balaban J connectivity index is 2.01. The summed E-state index contributed by atoms with van der Waals surface area (Å²) in [6, 6.07) is 0. The van der Waals surface area contributed by atoms with Crippen LogP contribution in [-0.4, -0.2) is 0 Å². The lowest BCUT2D eigenvalue weighted by molar-refractivity contribution is 0.174. The minimum absolute atomic E-state index is 0.538. The summed E-state index contributed by atoms with van der Waals surface area (Å²) in [5.74, 6) is 4.24. The maximum absolute atomic E-state index is 2.51. The van der Waals surface area contributed by atoms with Gasteiger partial charge in [-0.25, -0.2) is 0 Å². The topological polar surface area (TPSA) is 0 Å². The van der Waals surface area contributed by atoms with Crippen LogP contribution < -0.4 is 0 Å². The summed E-state index contributed by atoms with van der Waals surface area (Å²) < 4.78 is 0. The minimum atomic E-state index is 0.538. The van der Waals surface area contributed by atoms with Crippen molar-refractivity contribution in [2.24, 2.45) is 29.1 Å². The molecule has 0 aromatic rings. The molecule has 2 aliphatic rings. The maximum atomic E-state index is 2.51. The van der Waals surface area contributed by atoms with Crippen LogP contribution >= 0.6 is 0 Å². The Labute approximate surface area is 95.8 Å². The van der Waals surface area contributed by atoms with Gasteiger partial charge in [0.15, 0.2) is 0 Å². The molecule has 2 aliphatic carbocycles. The molecule has 0 heterocycles. The third-order valence-corrected chi connectivity index (χ3v) is 4.76. The molecular formula is C15H28. The molecule has 2 rings (SSSR count). The molecule has 0 spiro atoms. The fraction of sp³-hybridized carbons (Fsp3) is 1.00. The number of rotatable bonds is 1. The summed E-state index contributed by atoms with van der Waals surface area (Å²) in [5.41, 5.74) is 0.538. The number of hydrogen-bond donors (Lipinski definition) is 0. The second-order valence-corrected chi connectivity index (χ2v) is 7.35. The highest BCUT2D eigenvalue weighted by Gasteiger charge is 2.42. The molecule has 0 bridgehead atoms. The van der Waals surface area contributed by atoms with E-state index in [1.165, 1.54) is 38.5 Å². The highest BCUT2D eigenvalue weighted by Crippen LogP contribution is 2.52. The van der Waals surface area contributed by atoms with Gasteiger partial charge in [0.05, 0.1) is 0 Å². The smallest absolute Gasteiger partial charge is 0.0355 e. The summed E-state index contributed by atoms with van der Waals surface area (Å²) in [6.07, 6.45) is 9.07. The van der Waals surface area contributed by atoms with E-state index < -0.39 is 0 Å². The largest absolute Gasteiger partial charge is 0.0622 e. The Kier molecular flexibility index (Phi) is 3.14. The third-order valence-electron chi connectivity index (χ3n) is 4.76. The number of hydrogen-bond acceptors (Lipinski definition) is 0. The van der Waals surface area contributed by atoms with Crippen LogP contribution in [-0.2, 0) is 0 Å². The van der Waals surface area contributed by atoms with E-state index in [4.69, 9.17) is 0 Å². The molecule has 0 aliphatic heterocycles. The molecular weight excluding hydrogens is 180 g/mol. The molecule has 0 aromatic heterocycles. The van der Waals surface area contributed by atoms with Crippen molar-refractivity contribution in [1.29, 1.82) is 0 Å². The van der Waals surface area contributed by atoms with E-state index in [9.17, 15) is 0 Å². The Hall–Kier alpha value is 0. The van der Waals surface area contributed by atoms with Crippen LogP contribution in [0.1, 0.15) is 66.2 Å². The third kappa shape index (κ3) is 2.57. The summed E-state index contributed by atoms with van der Waals surface area (Å²) in [5, 5.41) is 0. The van der Waals surface area contributed by atoms with E-state index in [0.717, 1.165) is 23.7 Å². The van der Waals surface area contributed by atoms with E-state index in [-0.39, 0.29) is 0 Å². The molecule has 4 atom stereocenters. The van der Waals surface area contributed by atoms with Gasteiger partial charge in [0.25, 0.3) is 0 Å². The van der Waals surface area contributed by atoms with Gasteiger partial charge in [-0.2, -0.15) is 0 Å². The molecule has 0 aromatic carbocycles. The van der Waals surface area contributed by atoms with Gasteiger partial charge in [-0.05, 0) is 54.8 Å². The minimum Gasteiger partial charge on any atom is -0.0622 e. The fourth-order valence-corrected chi connectivity index (χ4v) is 4.33. The molecule has 0 heteroatoms. The van der Waals surface area contributed by atoms with Gasteiger partial charge >= 0.3 is 0 Å². The van der Waals surface area contributed by atoms with E-state index in [1.807, 2.05) is 0 Å². The first-order valence-corrected chi connectivity index (χ1v) is 6.97. The van der Waals surface area contributed by atoms with Gasteiger partial charge < -0.3 is 0 Å². The predicted molar refractivity (Wildman–Crippen MR) is 66.8 cm³/mol. The van der Waals surface area contributed by atoms with Gasteiger partial charge in [0, 0.05) is 0 Å². The van der Waals surface area contributed by atoms with Crippen molar-refractivity contribution >= 4 is 0 Å². The molecule has 15 heavy (non-hydrogen) atoms. The van der Waals surface area contributed by atoms with Gasteiger partial charge in [0.2, 0.25) is 0 Å². The molecule has 0 saturated heterocycles.